The fourth-order valence-corrected chi connectivity index (χ4v) is 7.97. The molecule has 0 spiro atoms. The van der Waals surface area contributed by atoms with Gasteiger partial charge in [-0.3, -0.25) is 19.3 Å². The van der Waals surface area contributed by atoms with Gasteiger partial charge in [-0.15, -0.1) is 11.8 Å². The summed E-state index contributed by atoms with van der Waals surface area (Å²) in [4.78, 5) is 29.5. The Kier molecular flexibility index (Phi) is 6.98. The zero-order valence-corrected chi connectivity index (χ0v) is 24.9. The van der Waals surface area contributed by atoms with Crippen molar-refractivity contribution in [1.82, 2.24) is 9.58 Å². The second-order valence-corrected chi connectivity index (χ2v) is 13.2. The molecule has 7 rings (SSSR count). The zero-order valence-electron chi connectivity index (χ0n) is 23.3. The molecule has 9 nitrogen and oxygen atoms in total. The van der Waals surface area contributed by atoms with E-state index in [9.17, 15) is 22.4 Å². The minimum atomic E-state index is -4.52. The summed E-state index contributed by atoms with van der Waals surface area (Å²) in [7, 11) is -4.52. The number of hydrogen-bond acceptors (Lipinski definition) is 8. The van der Waals surface area contributed by atoms with E-state index in [-0.39, 0.29) is 41.7 Å². The fraction of sp³-hybridized carbons (Fsp3) is 0.226. The minimum absolute atomic E-state index is 0.0694. The Morgan fingerprint density at radius 1 is 0.977 bits per heavy atom. The van der Waals surface area contributed by atoms with Crippen LogP contribution < -0.4 is 14.6 Å². The standard InChI is InChI=1S/C31H25F2N3O6S2/c1-18-6-8-19(9-7-18)44(39,40)42-30-24(37)12-13-35-29(30)31(38)34-14-15-41-16-26(34)36(35)28-20-10-11-23(32)27(33)22(20)17-43-25-5-3-2-4-21(25)28/h2-13,26,28H,14-17H2,1H3/t26-,28?/m1/s1. The number of ether oxygens (including phenoxy) is 1. The first-order valence-electron chi connectivity index (χ1n) is 13.8. The molecule has 44 heavy (non-hydrogen) atoms. The summed E-state index contributed by atoms with van der Waals surface area (Å²) in [5.74, 6) is -3.07. The summed E-state index contributed by atoms with van der Waals surface area (Å²) in [6, 6.07) is 16.2. The lowest BCUT2D eigenvalue weighted by atomic mass is 9.93. The third-order valence-corrected chi connectivity index (χ3v) is 10.4. The van der Waals surface area contributed by atoms with Gasteiger partial charge in [-0.2, -0.15) is 8.42 Å². The number of benzene rings is 3. The molecule has 226 valence electrons. The van der Waals surface area contributed by atoms with Crippen LogP contribution in [0.5, 0.6) is 5.75 Å². The summed E-state index contributed by atoms with van der Waals surface area (Å²) in [6.07, 6.45) is 0.627. The second-order valence-electron chi connectivity index (χ2n) is 10.6. The largest absolute Gasteiger partial charge is 0.375 e. The van der Waals surface area contributed by atoms with Gasteiger partial charge in [0.2, 0.25) is 11.2 Å². The molecule has 0 aliphatic carbocycles. The molecule has 3 aromatic carbocycles. The van der Waals surface area contributed by atoms with Crippen molar-refractivity contribution in [3.8, 4) is 5.75 Å². The van der Waals surface area contributed by atoms with Crippen molar-refractivity contribution in [2.24, 2.45) is 0 Å². The van der Waals surface area contributed by atoms with E-state index >= 15 is 4.39 Å². The van der Waals surface area contributed by atoms with Crippen molar-refractivity contribution in [2.45, 2.75) is 34.7 Å². The Morgan fingerprint density at radius 3 is 2.55 bits per heavy atom. The number of aromatic nitrogens is 1. The zero-order chi connectivity index (χ0) is 30.7. The number of fused-ring (bicyclic) bond motifs is 4. The van der Waals surface area contributed by atoms with Crippen molar-refractivity contribution < 1.29 is 30.9 Å². The molecule has 1 aromatic heterocycles. The average Bonchev–Trinajstić information content (AvgIpc) is 3.18. The van der Waals surface area contributed by atoms with Gasteiger partial charge in [-0.05, 0) is 42.3 Å². The molecular formula is C31H25F2N3O6S2. The normalized spacial score (nSPS) is 19.4. The number of pyridine rings is 1. The molecule has 4 heterocycles. The molecule has 3 aliphatic heterocycles. The van der Waals surface area contributed by atoms with Crippen LogP contribution in [0.2, 0.25) is 0 Å². The molecule has 2 atom stereocenters. The first kappa shape index (κ1) is 28.6. The van der Waals surface area contributed by atoms with Crippen molar-refractivity contribution in [2.75, 3.05) is 24.8 Å². The van der Waals surface area contributed by atoms with E-state index < -0.39 is 51.0 Å². The van der Waals surface area contributed by atoms with Gasteiger partial charge < -0.3 is 13.8 Å². The maximum atomic E-state index is 15.4. The summed E-state index contributed by atoms with van der Waals surface area (Å²) in [5, 5.41) is 1.75. The van der Waals surface area contributed by atoms with E-state index in [2.05, 4.69) is 0 Å². The van der Waals surface area contributed by atoms with Gasteiger partial charge >= 0.3 is 10.1 Å². The third kappa shape index (κ3) is 4.57. The molecule has 1 amide bonds. The van der Waals surface area contributed by atoms with Crippen LogP contribution in [0.4, 0.5) is 8.78 Å². The van der Waals surface area contributed by atoms with Crippen molar-refractivity contribution in [1.29, 1.82) is 0 Å². The number of aryl methyl sites for hydroxylation is 1. The van der Waals surface area contributed by atoms with E-state index in [0.717, 1.165) is 28.2 Å². The maximum absolute atomic E-state index is 15.4. The topological polar surface area (TPSA) is 98.2 Å². The summed E-state index contributed by atoms with van der Waals surface area (Å²) < 4.78 is 69.3. The number of thioether (sulfide) groups is 1. The summed E-state index contributed by atoms with van der Waals surface area (Å²) in [5.41, 5.74) is 1.09. The molecule has 0 radical (unpaired) electrons. The number of carbonyl (C=O) groups excluding carboxylic acids is 1. The number of rotatable bonds is 4. The van der Waals surface area contributed by atoms with Gasteiger partial charge in [-0.1, -0.05) is 42.0 Å². The van der Waals surface area contributed by atoms with Crippen LogP contribution in [0.15, 0.2) is 87.5 Å². The van der Waals surface area contributed by atoms with Crippen molar-refractivity contribution >= 4 is 27.8 Å². The molecule has 1 unspecified atom stereocenters. The van der Waals surface area contributed by atoms with E-state index in [4.69, 9.17) is 8.92 Å². The van der Waals surface area contributed by atoms with Crippen LogP contribution in [0.25, 0.3) is 0 Å². The molecule has 13 heteroatoms. The summed E-state index contributed by atoms with van der Waals surface area (Å²) in [6.45, 7) is 2.21. The first-order valence-corrected chi connectivity index (χ1v) is 16.2. The van der Waals surface area contributed by atoms with Gasteiger partial charge in [0.05, 0.1) is 19.3 Å². The van der Waals surface area contributed by atoms with E-state index in [0.29, 0.717) is 5.56 Å². The quantitative estimate of drug-likeness (QED) is 0.305. The van der Waals surface area contributed by atoms with Crippen LogP contribution in [0, 0.1) is 18.6 Å². The lowest BCUT2D eigenvalue weighted by molar-refractivity contribution is -0.0196. The molecule has 1 fully saturated rings. The average molecular weight is 638 g/mol. The number of amides is 1. The Balaban J connectivity index is 1.47. The lowest BCUT2D eigenvalue weighted by Gasteiger charge is -2.51. The Morgan fingerprint density at radius 2 is 1.75 bits per heavy atom. The van der Waals surface area contributed by atoms with Crippen LogP contribution in [-0.4, -0.2) is 49.8 Å². The van der Waals surface area contributed by atoms with E-state index in [1.807, 2.05) is 24.3 Å². The van der Waals surface area contributed by atoms with Gasteiger partial charge in [0.1, 0.15) is 11.1 Å². The van der Waals surface area contributed by atoms with Gasteiger partial charge in [0.25, 0.3) is 5.91 Å². The number of carbonyl (C=O) groups is 1. The van der Waals surface area contributed by atoms with E-state index in [1.54, 1.807) is 24.1 Å². The minimum Gasteiger partial charge on any atom is -0.375 e. The third-order valence-electron chi connectivity index (χ3n) is 8.04. The molecule has 1 saturated heterocycles. The Hall–Kier alpha value is -4.20. The second kappa shape index (κ2) is 10.8. The maximum Gasteiger partial charge on any atom is 0.339 e. The number of morpholine rings is 1. The monoisotopic (exact) mass is 637 g/mol. The van der Waals surface area contributed by atoms with Gasteiger partial charge in [-0.25, -0.2) is 8.78 Å². The SMILES string of the molecule is Cc1ccc(S(=O)(=O)Oc2c3n(ccc2=O)N(C2c4ccccc4SCc4c2ccc(F)c4F)[C@@H]2COCCN2C3=O)cc1. The van der Waals surface area contributed by atoms with Crippen LogP contribution >= 0.6 is 11.8 Å². The Labute approximate surface area is 255 Å². The van der Waals surface area contributed by atoms with E-state index in [1.165, 1.54) is 45.7 Å². The molecule has 0 saturated carbocycles. The highest BCUT2D eigenvalue weighted by atomic mass is 32.2. The Bertz CT molecular complexity index is 1980. The first-order chi connectivity index (χ1) is 21.2. The number of nitrogens with zero attached hydrogens (tertiary/aromatic N) is 3. The highest BCUT2D eigenvalue weighted by Gasteiger charge is 2.47. The highest BCUT2D eigenvalue weighted by molar-refractivity contribution is 7.98. The van der Waals surface area contributed by atoms with Gasteiger partial charge in [0.15, 0.2) is 17.3 Å². The predicted molar refractivity (Wildman–Crippen MR) is 158 cm³/mol. The fourth-order valence-electron chi connectivity index (χ4n) is 5.91. The predicted octanol–water partition coefficient (Wildman–Crippen LogP) is 4.35. The smallest absolute Gasteiger partial charge is 0.339 e. The molecule has 0 N–H and O–H groups in total. The van der Waals surface area contributed by atoms with Crippen molar-refractivity contribution in [3.05, 3.63) is 123 Å². The van der Waals surface area contributed by atoms with Crippen LogP contribution in [0.1, 0.15) is 38.8 Å². The molecule has 4 aromatic rings. The number of hydrogen-bond donors (Lipinski definition) is 0. The van der Waals surface area contributed by atoms with Crippen molar-refractivity contribution in [3.63, 3.8) is 0 Å². The molecule has 0 bridgehead atoms. The lowest BCUT2D eigenvalue weighted by Crippen LogP contribution is -2.66. The van der Waals surface area contributed by atoms with Crippen LogP contribution in [0.3, 0.4) is 0 Å². The van der Waals surface area contributed by atoms with Crippen LogP contribution in [-0.2, 0) is 20.6 Å². The molecular weight excluding hydrogens is 612 g/mol. The highest BCUT2D eigenvalue weighted by Crippen LogP contribution is 2.45. The summed E-state index contributed by atoms with van der Waals surface area (Å²) >= 11 is 1.36. The number of halogens is 2. The van der Waals surface area contributed by atoms with Gasteiger partial charge in [0, 0.05) is 35.0 Å². The molecule has 3 aliphatic rings.